The molecule has 0 amide bonds. The van der Waals surface area contributed by atoms with E-state index in [0.717, 1.165) is 12.8 Å². The SMILES string of the molecule is CCC/C=C/CS(=O)(=O)O. The molecule has 0 bridgehead atoms. The van der Waals surface area contributed by atoms with Gasteiger partial charge in [-0.1, -0.05) is 25.5 Å². The molecule has 0 aliphatic carbocycles. The van der Waals surface area contributed by atoms with Gasteiger partial charge in [-0.2, -0.15) is 8.42 Å². The van der Waals surface area contributed by atoms with Crippen molar-refractivity contribution in [3.05, 3.63) is 12.2 Å². The molecular weight excluding hydrogens is 152 g/mol. The smallest absolute Gasteiger partial charge is 0.268 e. The van der Waals surface area contributed by atoms with Gasteiger partial charge in [-0.15, -0.1) is 0 Å². The average Bonchev–Trinajstić information content (AvgIpc) is 1.78. The van der Waals surface area contributed by atoms with Crippen molar-refractivity contribution in [1.29, 1.82) is 0 Å². The maximum Gasteiger partial charge on any atom is 0.268 e. The average molecular weight is 164 g/mol. The van der Waals surface area contributed by atoms with E-state index in [1.807, 2.05) is 6.92 Å². The molecule has 0 radical (unpaired) electrons. The van der Waals surface area contributed by atoms with Gasteiger partial charge in [0.05, 0.1) is 5.75 Å². The van der Waals surface area contributed by atoms with Crippen LogP contribution in [-0.2, 0) is 10.1 Å². The van der Waals surface area contributed by atoms with Crippen LogP contribution in [0.1, 0.15) is 19.8 Å². The van der Waals surface area contributed by atoms with Crippen LogP contribution in [0.15, 0.2) is 12.2 Å². The molecule has 1 N–H and O–H groups in total. The summed E-state index contributed by atoms with van der Waals surface area (Å²) in [6, 6.07) is 0. The monoisotopic (exact) mass is 164 g/mol. The lowest BCUT2D eigenvalue weighted by Crippen LogP contribution is -1.99. The maximum absolute atomic E-state index is 10.1. The lowest BCUT2D eigenvalue weighted by molar-refractivity contribution is 0.486. The van der Waals surface area contributed by atoms with Gasteiger partial charge in [-0.3, -0.25) is 4.55 Å². The van der Waals surface area contributed by atoms with Crippen LogP contribution in [0.4, 0.5) is 0 Å². The molecule has 0 aliphatic rings. The first-order chi connectivity index (χ1) is 4.56. The van der Waals surface area contributed by atoms with Crippen molar-refractivity contribution in [2.45, 2.75) is 19.8 Å². The second-order valence-corrected chi connectivity index (χ2v) is 3.51. The molecule has 0 aromatic rings. The summed E-state index contributed by atoms with van der Waals surface area (Å²) in [6.07, 6.45) is 5.05. The molecule has 3 nitrogen and oxygen atoms in total. The van der Waals surface area contributed by atoms with Crippen LogP contribution in [0.2, 0.25) is 0 Å². The van der Waals surface area contributed by atoms with E-state index in [2.05, 4.69) is 0 Å². The molecule has 0 saturated carbocycles. The van der Waals surface area contributed by atoms with Crippen molar-refractivity contribution in [3.8, 4) is 0 Å². The van der Waals surface area contributed by atoms with Gasteiger partial charge in [0, 0.05) is 0 Å². The molecule has 0 rings (SSSR count). The lowest BCUT2D eigenvalue weighted by Gasteiger charge is -1.86. The van der Waals surface area contributed by atoms with Gasteiger partial charge in [0.2, 0.25) is 0 Å². The van der Waals surface area contributed by atoms with E-state index in [4.69, 9.17) is 4.55 Å². The van der Waals surface area contributed by atoms with Crippen LogP contribution >= 0.6 is 0 Å². The molecule has 10 heavy (non-hydrogen) atoms. The third-order valence-corrected chi connectivity index (χ3v) is 1.54. The largest absolute Gasteiger partial charge is 0.285 e. The summed E-state index contributed by atoms with van der Waals surface area (Å²) >= 11 is 0. The molecule has 0 heterocycles. The summed E-state index contributed by atoms with van der Waals surface area (Å²) in [5.74, 6) is -0.271. The summed E-state index contributed by atoms with van der Waals surface area (Å²) in [5.41, 5.74) is 0. The zero-order valence-corrected chi connectivity index (χ0v) is 6.76. The number of unbranched alkanes of at least 4 members (excludes halogenated alkanes) is 1. The zero-order valence-electron chi connectivity index (χ0n) is 5.95. The van der Waals surface area contributed by atoms with Crippen molar-refractivity contribution >= 4 is 10.1 Å². The highest BCUT2D eigenvalue weighted by molar-refractivity contribution is 7.85. The Morgan fingerprint density at radius 2 is 2.00 bits per heavy atom. The molecule has 0 fully saturated rings. The molecule has 0 unspecified atom stereocenters. The molecular formula is C6H12O3S. The number of hydrogen-bond donors (Lipinski definition) is 1. The fraction of sp³-hybridized carbons (Fsp3) is 0.667. The van der Waals surface area contributed by atoms with E-state index in [1.54, 1.807) is 6.08 Å². The highest BCUT2D eigenvalue weighted by Gasteiger charge is 1.97. The highest BCUT2D eigenvalue weighted by atomic mass is 32.2. The van der Waals surface area contributed by atoms with Crippen LogP contribution in [0.5, 0.6) is 0 Å². The van der Waals surface area contributed by atoms with Crippen molar-refractivity contribution in [1.82, 2.24) is 0 Å². The Hall–Kier alpha value is -0.350. The van der Waals surface area contributed by atoms with Crippen molar-refractivity contribution in [2.75, 3.05) is 5.75 Å². The summed E-state index contributed by atoms with van der Waals surface area (Å²) in [4.78, 5) is 0. The first kappa shape index (κ1) is 9.65. The highest BCUT2D eigenvalue weighted by Crippen LogP contribution is 1.90. The predicted molar refractivity (Wildman–Crippen MR) is 40.5 cm³/mol. The van der Waals surface area contributed by atoms with Gasteiger partial charge < -0.3 is 0 Å². The van der Waals surface area contributed by atoms with Gasteiger partial charge in [-0.25, -0.2) is 0 Å². The molecule has 0 spiro atoms. The summed E-state index contributed by atoms with van der Waals surface area (Å²) in [7, 11) is -3.79. The number of hydrogen-bond acceptors (Lipinski definition) is 2. The Kier molecular flexibility index (Phi) is 4.31. The Bertz CT molecular complexity index is 191. The van der Waals surface area contributed by atoms with Crippen LogP contribution in [-0.4, -0.2) is 18.7 Å². The van der Waals surface area contributed by atoms with Crippen LogP contribution in [0, 0.1) is 0 Å². The maximum atomic E-state index is 10.1. The third-order valence-electron chi connectivity index (χ3n) is 0.929. The van der Waals surface area contributed by atoms with Gasteiger partial charge in [0.1, 0.15) is 0 Å². The second-order valence-electron chi connectivity index (χ2n) is 2.01. The first-order valence-electron chi connectivity index (χ1n) is 3.16. The van der Waals surface area contributed by atoms with Crippen molar-refractivity contribution in [2.24, 2.45) is 0 Å². The third kappa shape index (κ3) is 7.65. The summed E-state index contributed by atoms with van der Waals surface area (Å²) in [5, 5.41) is 0. The van der Waals surface area contributed by atoms with E-state index in [-0.39, 0.29) is 5.75 Å². The number of rotatable bonds is 4. The fourth-order valence-corrected chi connectivity index (χ4v) is 0.853. The normalized spacial score (nSPS) is 12.6. The van der Waals surface area contributed by atoms with E-state index in [0.29, 0.717) is 0 Å². The summed E-state index contributed by atoms with van der Waals surface area (Å²) < 4.78 is 28.4. The lowest BCUT2D eigenvalue weighted by atomic mass is 10.3. The first-order valence-corrected chi connectivity index (χ1v) is 4.77. The molecule has 0 atom stereocenters. The standard InChI is InChI=1S/C6H12O3S/c1-2-3-4-5-6-10(7,8)9/h4-5H,2-3,6H2,1H3,(H,7,8,9)/b5-4+. The van der Waals surface area contributed by atoms with Crippen LogP contribution in [0.25, 0.3) is 0 Å². The predicted octanol–water partition coefficient (Wildman–Crippen LogP) is 1.23. The van der Waals surface area contributed by atoms with Gasteiger partial charge in [0.15, 0.2) is 0 Å². The zero-order chi connectivity index (χ0) is 8.04. The Labute approximate surface area is 61.5 Å². The van der Waals surface area contributed by atoms with Gasteiger partial charge >= 0.3 is 0 Å². The van der Waals surface area contributed by atoms with E-state index < -0.39 is 10.1 Å². The van der Waals surface area contributed by atoms with Crippen LogP contribution in [0.3, 0.4) is 0 Å². The molecule has 0 aromatic carbocycles. The molecule has 0 aromatic heterocycles. The minimum atomic E-state index is -3.79. The van der Waals surface area contributed by atoms with Crippen molar-refractivity contribution in [3.63, 3.8) is 0 Å². The molecule has 60 valence electrons. The van der Waals surface area contributed by atoms with Gasteiger partial charge in [-0.05, 0) is 6.42 Å². The van der Waals surface area contributed by atoms with E-state index >= 15 is 0 Å². The minimum absolute atomic E-state index is 0.271. The molecule has 4 heteroatoms. The number of allylic oxidation sites excluding steroid dienone is 1. The summed E-state index contributed by atoms with van der Waals surface area (Å²) in [6.45, 7) is 2.00. The van der Waals surface area contributed by atoms with E-state index in [9.17, 15) is 8.42 Å². The Morgan fingerprint density at radius 1 is 1.40 bits per heavy atom. The second kappa shape index (κ2) is 4.46. The quantitative estimate of drug-likeness (QED) is 0.502. The van der Waals surface area contributed by atoms with Gasteiger partial charge in [0.25, 0.3) is 10.1 Å². The van der Waals surface area contributed by atoms with E-state index in [1.165, 1.54) is 6.08 Å². The molecule has 0 aliphatic heterocycles. The van der Waals surface area contributed by atoms with Crippen LogP contribution < -0.4 is 0 Å². The Balaban J connectivity index is 3.55. The van der Waals surface area contributed by atoms with Crippen molar-refractivity contribution < 1.29 is 13.0 Å². The fourth-order valence-electron chi connectivity index (χ4n) is 0.474. The molecule has 0 saturated heterocycles. The minimum Gasteiger partial charge on any atom is -0.285 e. The topological polar surface area (TPSA) is 54.4 Å². The Morgan fingerprint density at radius 3 is 2.40 bits per heavy atom.